The number of methoxy groups -OCH3 is 1. The molecule has 1 atom stereocenters. The monoisotopic (exact) mass is 242 g/mol. The van der Waals surface area contributed by atoms with Gasteiger partial charge in [0.1, 0.15) is 5.75 Å². The summed E-state index contributed by atoms with van der Waals surface area (Å²) in [6, 6.07) is 12.4. The number of ether oxygens (including phenoxy) is 1. The van der Waals surface area contributed by atoms with Gasteiger partial charge in [-0.15, -0.1) is 0 Å². The molecule has 0 aliphatic rings. The molecule has 0 fully saturated rings. The summed E-state index contributed by atoms with van der Waals surface area (Å²) in [4.78, 5) is 4.01. The Morgan fingerprint density at radius 3 is 2.61 bits per heavy atom. The summed E-state index contributed by atoms with van der Waals surface area (Å²) < 4.78 is 5.37. The van der Waals surface area contributed by atoms with Crippen molar-refractivity contribution in [3.8, 4) is 5.75 Å². The topological polar surface area (TPSA) is 34.1 Å². The summed E-state index contributed by atoms with van der Waals surface area (Å²) in [6.07, 6.45) is 3.62. The van der Waals surface area contributed by atoms with Gasteiger partial charge >= 0.3 is 0 Å². The summed E-state index contributed by atoms with van der Waals surface area (Å²) in [7, 11) is 1.70. The first-order valence-corrected chi connectivity index (χ1v) is 6.06. The van der Waals surface area contributed by atoms with Gasteiger partial charge in [0.05, 0.1) is 7.11 Å². The van der Waals surface area contributed by atoms with Gasteiger partial charge in [-0.05, 0) is 30.7 Å². The molecule has 3 nitrogen and oxygen atoms in total. The van der Waals surface area contributed by atoms with Crippen molar-refractivity contribution in [1.29, 1.82) is 0 Å². The Hall–Kier alpha value is -1.87. The maximum Gasteiger partial charge on any atom is 0.123 e. The lowest BCUT2D eigenvalue weighted by Gasteiger charge is -2.17. The second kappa shape index (κ2) is 6.17. The van der Waals surface area contributed by atoms with E-state index in [0.29, 0.717) is 0 Å². The Morgan fingerprint density at radius 2 is 1.89 bits per heavy atom. The van der Waals surface area contributed by atoms with E-state index in [1.807, 2.05) is 42.7 Å². The summed E-state index contributed by atoms with van der Waals surface area (Å²) in [5, 5.41) is 3.48. The van der Waals surface area contributed by atoms with Crippen LogP contribution < -0.4 is 10.1 Å². The standard InChI is InChI=1S/C15H18N2O/c1-12(14-5-3-4-6-15(14)18-2)17-11-13-7-9-16-10-8-13/h3-10,12,17H,11H2,1-2H3. The molecule has 0 saturated heterocycles. The van der Waals surface area contributed by atoms with Gasteiger partial charge in [-0.25, -0.2) is 0 Å². The molecule has 0 bridgehead atoms. The molecule has 1 unspecified atom stereocenters. The number of hydrogen-bond acceptors (Lipinski definition) is 3. The van der Waals surface area contributed by atoms with Gasteiger partial charge in [0.2, 0.25) is 0 Å². The van der Waals surface area contributed by atoms with E-state index in [9.17, 15) is 0 Å². The molecule has 1 N–H and O–H groups in total. The van der Waals surface area contributed by atoms with Gasteiger partial charge < -0.3 is 10.1 Å². The number of nitrogens with zero attached hydrogens (tertiary/aromatic N) is 1. The number of hydrogen-bond donors (Lipinski definition) is 1. The zero-order chi connectivity index (χ0) is 12.8. The molecule has 1 heterocycles. The first-order chi connectivity index (χ1) is 8.81. The maximum atomic E-state index is 5.37. The molecular formula is C15H18N2O. The minimum absolute atomic E-state index is 0.245. The molecule has 0 radical (unpaired) electrons. The fraction of sp³-hybridized carbons (Fsp3) is 0.267. The van der Waals surface area contributed by atoms with E-state index in [2.05, 4.69) is 23.3 Å². The highest BCUT2D eigenvalue weighted by molar-refractivity contribution is 5.35. The van der Waals surface area contributed by atoms with Crippen LogP contribution in [0.2, 0.25) is 0 Å². The van der Waals surface area contributed by atoms with Crippen LogP contribution in [-0.2, 0) is 6.54 Å². The van der Waals surface area contributed by atoms with Crippen molar-refractivity contribution in [3.63, 3.8) is 0 Å². The minimum atomic E-state index is 0.245. The molecule has 0 aliphatic heterocycles. The van der Waals surface area contributed by atoms with Crippen LogP contribution in [0.25, 0.3) is 0 Å². The molecule has 18 heavy (non-hydrogen) atoms. The molecule has 0 spiro atoms. The number of aromatic nitrogens is 1. The van der Waals surface area contributed by atoms with Crippen molar-refractivity contribution in [2.45, 2.75) is 19.5 Å². The second-order valence-corrected chi connectivity index (χ2v) is 4.20. The van der Waals surface area contributed by atoms with Crippen LogP contribution in [-0.4, -0.2) is 12.1 Å². The van der Waals surface area contributed by atoms with Crippen LogP contribution >= 0.6 is 0 Å². The summed E-state index contributed by atoms with van der Waals surface area (Å²) in [6.45, 7) is 2.96. The average molecular weight is 242 g/mol. The lowest BCUT2D eigenvalue weighted by atomic mass is 10.1. The van der Waals surface area contributed by atoms with Gasteiger partial charge in [-0.2, -0.15) is 0 Å². The zero-order valence-electron chi connectivity index (χ0n) is 10.8. The highest BCUT2D eigenvalue weighted by Gasteiger charge is 2.09. The molecule has 1 aromatic heterocycles. The molecule has 0 amide bonds. The second-order valence-electron chi connectivity index (χ2n) is 4.20. The Kier molecular flexibility index (Phi) is 4.31. The normalized spacial score (nSPS) is 12.1. The Balaban J connectivity index is 2.01. The van der Waals surface area contributed by atoms with E-state index < -0.39 is 0 Å². The molecule has 94 valence electrons. The van der Waals surface area contributed by atoms with Gasteiger partial charge in [0, 0.05) is 30.5 Å². The van der Waals surface area contributed by atoms with Crippen molar-refractivity contribution >= 4 is 0 Å². The van der Waals surface area contributed by atoms with Gasteiger partial charge in [0.25, 0.3) is 0 Å². The average Bonchev–Trinajstić information content (AvgIpc) is 2.45. The molecule has 0 aliphatic carbocycles. The molecular weight excluding hydrogens is 224 g/mol. The van der Waals surface area contributed by atoms with Crippen molar-refractivity contribution in [3.05, 3.63) is 59.9 Å². The number of nitrogens with one attached hydrogen (secondary N) is 1. The van der Waals surface area contributed by atoms with Crippen LogP contribution in [0.1, 0.15) is 24.1 Å². The van der Waals surface area contributed by atoms with E-state index in [0.717, 1.165) is 12.3 Å². The number of rotatable bonds is 5. The van der Waals surface area contributed by atoms with Gasteiger partial charge in [-0.1, -0.05) is 18.2 Å². The predicted molar refractivity (Wildman–Crippen MR) is 72.5 cm³/mol. The van der Waals surface area contributed by atoms with Crippen molar-refractivity contribution < 1.29 is 4.74 Å². The van der Waals surface area contributed by atoms with Crippen molar-refractivity contribution in [2.24, 2.45) is 0 Å². The number of benzene rings is 1. The third kappa shape index (κ3) is 3.08. The summed E-state index contributed by atoms with van der Waals surface area (Å²) >= 11 is 0. The number of pyridine rings is 1. The first kappa shape index (κ1) is 12.6. The van der Waals surface area contributed by atoms with Crippen LogP contribution in [0.3, 0.4) is 0 Å². The summed E-state index contributed by atoms with van der Waals surface area (Å²) in [5.41, 5.74) is 2.40. The van der Waals surface area contributed by atoms with Crippen LogP contribution in [0.4, 0.5) is 0 Å². The summed E-state index contributed by atoms with van der Waals surface area (Å²) in [5.74, 6) is 0.923. The SMILES string of the molecule is COc1ccccc1C(C)NCc1ccncc1. The fourth-order valence-electron chi connectivity index (χ4n) is 1.91. The fourth-order valence-corrected chi connectivity index (χ4v) is 1.91. The Labute approximate surface area is 108 Å². The van der Waals surface area contributed by atoms with E-state index in [-0.39, 0.29) is 6.04 Å². The Bertz CT molecular complexity index is 485. The van der Waals surface area contributed by atoms with E-state index in [1.54, 1.807) is 7.11 Å². The van der Waals surface area contributed by atoms with Crippen molar-refractivity contribution in [2.75, 3.05) is 7.11 Å². The lowest BCUT2D eigenvalue weighted by molar-refractivity contribution is 0.401. The molecule has 1 aromatic carbocycles. The molecule has 2 aromatic rings. The lowest BCUT2D eigenvalue weighted by Crippen LogP contribution is -2.18. The minimum Gasteiger partial charge on any atom is -0.496 e. The van der Waals surface area contributed by atoms with E-state index in [1.165, 1.54) is 11.1 Å². The molecule has 2 rings (SSSR count). The Morgan fingerprint density at radius 1 is 1.17 bits per heavy atom. The zero-order valence-corrected chi connectivity index (χ0v) is 10.8. The van der Waals surface area contributed by atoms with Crippen molar-refractivity contribution in [1.82, 2.24) is 10.3 Å². The van der Waals surface area contributed by atoms with Gasteiger partial charge in [0.15, 0.2) is 0 Å². The van der Waals surface area contributed by atoms with Crippen LogP contribution in [0.15, 0.2) is 48.8 Å². The highest BCUT2D eigenvalue weighted by Crippen LogP contribution is 2.24. The third-order valence-electron chi connectivity index (χ3n) is 2.97. The molecule has 3 heteroatoms. The number of para-hydroxylation sites is 1. The third-order valence-corrected chi connectivity index (χ3v) is 2.97. The smallest absolute Gasteiger partial charge is 0.123 e. The quantitative estimate of drug-likeness (QED) is 0.875. The van der Waals surface area contributed by atoms with Crippen LogP contribution in [0.5, 0.6) is 5.75 Å². The first-order valence-electron chi connectivity index (χ1n) is 6.06. The molecule has 0 saturated carbocycles. The van der Waals surface area contributed by atoms with Crippen LogP contribution in [0, 0.1) is 0 Å². The predicted octanol–water partition coefficient (Wildman–Crippen LogP) is 2.94. The highest BCUT2D eigenvalue weighted by atomic mass is 16.5. The van der Waals surface area contributed by atoms with Gasteiger partial charge in [-0.3, -0.25) is 4.98 Å². The van der Waals surface area contributed by atoms with E-state index >= 15 is 0 Å². The van der Waals surface area contributed by atoms with E-state index in [4.69, 9.17) is 4.74 Å². The largest absolute Gasteiger partial charge is 0.496 e. The maximum absolute atomic E-state index is 5.37.